The first kappa shape index (κ1) is 13.5. The van der Waals surface area contributed by atoms with Crippen LogP contribution in [0.2, 0.25) is 0 Å². The molecule has 0 aliphatic rings. The van der Waals surface area contributed by atoms with E-state index in [4.69, 9.17) is 4.74 Å². The summed E-state index contributed by atoms with van der Waals surface area (Å²) in [7, 11) is 1.66. The molecule has 0 fully saturated rings. The second-order valence-corrected chi connectivity index (χ2v) is 5.13. The van der Waals surface area contributed by atoms with Crippen LogP contribution >= 0.6 is 11.8 Å². The Morgan fingerprint density at radius 2 is 1.53 bits per heavy atom. The molecule has 0 unspecified atom stereocenters. The number of benzene rings is 2. The molecule has 0 bridgehead atoms. The number of amides is 1. The van der Waals surface area contributed by atoms with Crippen LogP contribution in [-0.4, -0.2) is 13.0 Å². The van der Waals surface area contributed by atoms with Crippen LogP contribution in [-0.2, 0) is 4.79 Å². The van der Waals surface area contributed by atoms with E-state index in [9.17, 15) is 4.79 Å². The van der Waals surface area contributed by atoms with Gasteiger partial charge in [-0.15, -0.1) is 0 Å². The molecule has 1 N–H and O–H groups in total. The molecule has 2 rings (SSSR count). The average molecular weight is 273 g/mol. The maximum Gasteiger partial charge on any atom is 0.221 e. The summed E-state index contributed by atoms with van der Waals surface area (Å²) in [5, 5.41) is 2.75. The molecular weight excluding hydrogens is 258 g/mol. The van der Waals surface area contributed by atoms with Gasteiger partial charge in [0.05, 0.1) is 7.11 Å². The predicted molar refractivity (Wildman–Crippen MR) is 77.9 cm³/mol. The van der Waals surface area contributed by atoms with Crippen molar-refractivity contribution in [2.24, 2.45) is 0 Å². The normalized spacial score (nSPS) is 10.0. The van der Waals surface area contributed by atoms with E-state index in [-0.39, 0.29) is 5.91 Å². The fourth-order valence-electron chi connectivity index (χ4n) is 1.59. The third-order valence-electron chi connectivity index (χ3n) is 2.47. The molecule has 0 heterocycles. The van der Waals surface area contributed by atoms with Crippen LogP contribution in [0.3, 0.4) is 0 Å². The van der Waals surface area contributed by atoms with Crippen LogP contribution in [0.25, 0.3) is 0 Å². The summed E-state index contributed by atoms with van der Waals surface area (Å²) in [5.41, 5.74) is 0.812. The van der Waals surface area contributed by atoms with Crippen LogP contribution in [0.15, 0.2) is 58.3 Å². The Bertz CT molecular complexity index is 549. The van der Waals surface area contributed by atoms with Gasteiger partial charge in [0.1, 0.15) is 5.75 Å². The summed E-state index contributed by atoms with van der Waals surface area (Å²) in [6.07, 6.45) is 0. The van der Waals surface area contributed by atoms with Crippen LogP contribution in [0.1, 0.15) is 6.92 Å². The third-order valence-corrected chi connectivity index (χ3v) is 3.49. The highest BCUT2D eigenvalue weighted by Crippen LogP contribution is 2.29. The lowest BCUT2D eigenvalue weighted by Gasteiger charge is -2.05. The van der Waals surface area contributed by atoms with Crippen molar-refractivity contribution in [3.05, 3.63) is 48.5 Å². The molecule has 0 aromatic heterocycles. The van der Waals surface area contributed by atoms with Gasteiger partial charge in [-0.05, 0) is 48.5 Å². The van der Waals surface area contributed by atoms with Gasteiger partial charge in [-0.25, -0.2) is 0 Å². The van der Waals surface area contributed by atoms with Gasteiger partial charge in [-0.2, -0.15) is 0 Å². The molecule has 0 radical (unpaired) electrons. The van der Waals surface area contributed by atoms with E-state index in [1.165, 1.54) is 6.92 Å². The predicted octanol–water partition coefficient (Wildman–Crippen LogP) is 3.80. The van der Waals surface area contributed by atoms with Crippen LogP contribution in [0, 0.1) is 0 Å². The van der Waals surface area contributed by atoms with E-state index in [0.717, 1.165) is 21.2 Å². The number of rotatable bonds is 4. The summed E-state index contributed by atoms with van der Waals surface area (Å²) >= 11 is 1.67. The SMILES string of the molecule is COc1ccc(Sc2ccc(NC(C)=O)cc2)cc1. The number of hydrogen-bond acceptors (Lipinski definition) is 3. The standard InChI is InChI=1S/C15H15NO2S/c1-11(17)16-12-3-7-14(8-4-12)19-15-9-5-13(18-2)6-10-15/h3-10H,1-2H3,(H,16,17). The highest BCUT2D eigenvalue weighted by atomic mass is 32.2. The number of methoxy groups -OCH3 is 1. The van der Waals surface area contributed by atoms with Crippen molar-refractivity contribution in [2.75, 3.05) is 12.4 Å². The molecule has 4 heteroatoms. The molecule has 98 valence electrons. The number of nitrogens with one attached hydrogen (secondary N) is 1. The Balaban J connectivity index is 2.04. The second kappa shape index (κ2) is 6.29. The largest absolute Gasteiger partial charge is 0.497 e. The number of anilines is 1. The van der Waals surface area contributed by atoms with Crippen molar-refractivity contribution in [1.29, 1.82) is 0 Å². The molecule has 1 amide bonds. The van der Waals surface area contributed by atoms with Crippen molar-refractivity contribution in [3.8, 4) is 5.75 Å². The van der Waals surface area contributed by atoms with E-state index in [2.05, 4.69) is 5.32 Å². The average Bonchev–Trinajstić information content (AvgIpc) is 2.41. The number of carbonyl (C=O) groups excluding carboxylic acids is 1. The first-order chi connectivity index (χ1) is 9.17. The summed E-state index contributed by atoms with van der Waals surface area (Å²) in [4.78, 5) is 13.2. The summed E-state index contributed by atoms with van der Waals surface area (Å²) < 4.78 is 5.12. The van der Waals surface area contributed by atoms with Gasteiger partial charge >= 0.3 is 0 Å². The fourth-order valence-corrected chi connectivity index (χ4v) is 2.41. The Hall–Kier alpha value is -1.94. The van der Waals surface area contributed by atoms with Crippen molar-refractivity contribution in [3.63, 3.8) is 0 Å². The van der Waals surface area contributed by atoms with E-state index < -0.39 is 0 Å². The third kappa shape index (κ3) is 4.03. The maximum absolute atomic E-state index is 10.9. The molecule has 0 saturated heterocycles. The van der Waals surface area contributed by atoms with Gasteiger partial charge in [-0.3, -0.25) is 4.79 Å². The number of hydrogen-bond donors (Lipinski definition) is 1. The number of ether oxygens (including phenoxy) is 1. The van der Waals surface area contributed by atoms with Crippen molar-refractivity contribution >= 4 is 23.4 Å². The Kier molecular flexibility index (Phi) is 4.47. The van der Waals surface area contributed by atoms with E-state index in [0.29, 0.717) is 0 Å². The van der Waals surface area contributed by atoms with Crippen LogP contribution in [0.4, 0.5) is 5.69 Å². The molecule has 19 heavy (non-hydrogen) atoms. The molecule has 0 aliphatic heterocycles. The van der Waals surface area contributed by atoms with E-state index in [1.807, 2.05) is 48.5 Å². The molecule has 0 saturated carbocycles. The quantitative estimate of drug-likeness (QED) is 0.920. The fraction of sp³-hybridized carbons (Fsp3) is 0.133. The first-order valence-electron chi connectivity index (χ1n) is 5.87. The summed E-state index contributed by atoms with van der Waals surface area (Å²) in [6.45, 7) is 1.50. The minimum atomic E-state index is -0.0597. The topological polar surface area (TPSA) is 38.3 Å². The zero-order valence-electron chi connectivity index (χ0n) is 10.8. The smallest absolute Gasteiger partial charge is 0.221 e. The van der Waals surface area contributed by atoms with Gasteiger partial charge in [-0.1, -0.05) is 11.8 Å². The Morgan fingerprint density at radius 3 is 2.00 bits per heavy atom. The van der Waals surface area contributed by atoms with Crippen molar-refractivity contribution < 1.29 is 9.53 Å². The van der Waals surface area contributed by atoms with E-state index >= 15 is 0 Å². The van der Waals surface area contributed by atoms with Gasteiger partial charge in [0.2, 0.25) is 5.91 Å². The first-order valence-corrected chi connectivity index (χ1v) is 6.68. The van der Waals surface area contributed by atoms with Gasteiger partial charge in [0.15, 0.2) is 0 Å². The molecule has 0 spiro atoms. The monoisotopic (exact) mass is 273 g/mol. The summed E-state index contributed by atoms with van der Waals surface area (Å²) in [6, 6.07) is 15.7. The molecule has 2 aromatic carbocycles. The second-order valence-electron chi connectivity index (χ2n) is 3.98. The molecular formula is C15H15NO2S. The van der Waals surface area contributed by atoms with Gasteiger partial charge < -0.3 is 10.1 Å². The van der Waals surface area contributed by atoms with Crippen LogP contribution < -0.4 is 10.1 Å². The minimum absolute atomic E-state index is 0.0597. The Morgan fingerprint density at radius 1 is 1.00 bits per heavy atom. The van der Waals surface area contributed by atoms with E-state index in [1.54, 1.807) is 18.9 Å². The molecule has 2 aromatic rings. The number of carbonyl (C=O) groups is 1. The highest BCUT2D eigenvalue weighted by molar-refractivity contribution is 7.99. The van der Waals surface area contributed by atoms with Crippen molar-refractivity contribution in [1.82, 2.24) is 0 Å². The lowest BCUT2D eigenvalue weighted by Crippen LogP contribution is -2.05. The zero-order valence-corrected chi connectivity index (χ0v) is 11.7. The molecule has 0 aliphatic carbocycles. The van der Waals surface area contributed by atoms with Gasteiger partial charge in [0, 0.05) is 22.4 Å². The molecule has 3 nitrogen and oxygen atoms in total. The Labute approximate surface area is 117 Å². The minimum Gasteiger partial charge on any atom is -0.497 e. The maximum atomic E-state index is 10.9. The highest BCUT2D eigenvalue weighted by Gasteiger charge is 2.00. The summed E-state index contributed by atoms with van der Waals surface area (Å²) in [5.74, 6) is 0.793. The molecule has 0 atom stereocenters. The van der Waals surface area contributed by atoms with Gasteiger partial charge in [0.25, 0.3) is 0 Å². The lowest BCUT2D eigenvalue weighted by molar-refractivity contribution is -0.114. The van der Waals surface area contributed by atoms with Crippen molar-refractivity contribution in [2.45, 2.75) is 16.7 Å². The lowest BCUT2D eigenvalue weighted by atomic mass is 10.3. The van der Waals surface area contributed by atoms with Crippen LogP contribution in [0.5, 0.6) is 5.75 Å². The zero-order chi connectivity index (χ0) is 13.7.